The van der Waals surface area contributed by atoms with Gasteiger partial charge in [0.1, 0.15) is 11.5 Å². The number of rotatable bonds is 2. The van der Waals surface area contributed by atoms with Gasteiger partial charge in [0.15, 0.2) is 11.6 Å². The van der Waals surface area contributed by atoms with E-state index in [0.717, 1.165) is 0 Å². The van der Waals surface area contributed by atoms with E-state index in [0.29, 0.717) is 42.5 Å². The molecule has 0 saturated carbocycles. The Balaban J connectivity index is 1.58. The minimum atomic E-state index is -0.551. The summed E-state index contributed by atoms with van der Waals surface area (Å²) in [7, 11) is 0. The van der Waals surface area contributed by atoms with Gasteiger partial charge in [-0.2, -0.15) is 0 Å². The molecule has 0 fully saturated rings. The Morgan fingerprint density at radius 1 is 1.20 bits per heavy atom. The second-order valence-electron chi connectivity index (χ2n) is 5.54. The van der Waals surface area contributed by atoms with Crippen LogP contribution in [0.15, 0.2) is 36.8 Å². The van der Waals surface area contributed by atoms with E-state index in [2.05, 4.69) is 20.2 Å². The van der Waals surface area contributed by atoms with Crippen molar-refractivity contribution in [1.29, 1.82) is 0 Å². The number of hydrogen-bond donors (Lipinski definition) is 0. The lowest BCUT2D eigenvalue weighted by molar-refractivity contribution is 0.0708. The summed E-state index contributed by atoms with van der Waals surface area (Å²) in [6.07, 6.45) is 4.80. The van der Waals surface area contributed by atoms with Gasteiger partial charge in [0, 0.05) is 31.0 Å². The number of amides is 1. The predicted molar refractivity (Wildman–Crippen MR) is 87.2 cm³/mol. The van der Waals surface area contributed by atoms with Crippen LogP contribution in [-0.4, -0.2) is 42.1 Å². The molecule has 3 aromatic rings. The zero-order valence-electron chi connectivity index (χ0n) is 12.9. The van der Waals surface area contributed by atoms with Gasteiger partial charge in [-0.1, -0.05) is 11.6 Å². The maximum Gasteiger partial charge on any atom is 0.254 e. The van der Waals surface area contributed by atoms with E-state index in [-0.39, 0.29) is 10.9 Å². The fourth-order valence-corrected chi connectivity index (χ4v) is 2.93. The molecule has 9 heteroatoms. The van der Waals surface area contributed by atoms with Crippen molar-refractivity contribution in [3.63, 3.8) is 0 Å². The van der Waals surface area contributed by atoms with Crippen molar-refractivity contribution in [2.75, 3.05) is 6.54 Å². The largest absolute Gasteiger partial charge is 0.329 e. The summed E-state index contributed by atoms with van der Waals surface area (Å²) < 4.78 is 15.2. The number of halogens is 2. The van der Waals surface area contributed by atoms with E-state index in [9.17, 15) is 9.18 Å². The molecule has 25 heavy (non-hydrogen) atoms. The molecule has 4 rings (SSSR count). The molecule has 7 nitrogen and oxygen atoms in total. The second-order valence-corrected chi connectivity index (χ2v) is 5.94. The average molecular weight is 359 g/mol. The summed E-state index contributed by atoms with van der Waals surface area (Å²) >= 11 is 5.76. The topological polar surface area (TPSA) is 76.8 Å². The molecule has 0 bridgehead atoms. The zero-order chi connectivity index (χ0) is 17.4. The normalized spacial score (nSPS) is 13.6. The highest BCUT2D eigenvalue weighted by molar-refractivity contribution is 6.31. The molecule has 1 aliphatic heterocycles. The first-order valence-corrected chi connectivity index (χ1v) is 7.94. The average Bonchev–Trinajstić information content (AvgIpc) is 3.07. The minimum Gasteiger partial charge on any atom is -0.329 e. The predicted octanol–water partition coefficient (Wildman–Crippen LogP) is 2.18. The molecule has 1 amide bonds. The lowest BCUT2D eigenvalue weighted by Crippen LogP contribution is -2.38. The molecular formula is C16H12ClFN6O. The molecule has 0 N–H and O–H groups in total. The standard InChI is InChI=1S/C16H12ClFN6O/c17-11-7-10(1-2-12(11)18)16(25)23-5-6-24-14(9-23)21-22-15(24)13-8-19-3-4-20-13/h1-4,7-8H,5-6,9H2. The van der Waals surface area contributed by atoms with Gasteiger partial charge >= 0.3 is 0 Å². The van der Waals surface area contributed by atoms with E-state index >= 15 is 0 Å². The number of fused-ring (bicyclic) bond motifs is 1. The number of hydrogen-bond acceptors (Lipinski definition) is 5. The minimum absolute atomic E-state index is 0.0732. The lowest BCUT2D eigenvalue weighted by Gasteiger charge is -2.27. The highest BCUT2D eigenvalue weighted by Crippen LogP contribution is 2.22. The van der Waals surface area contributed by atoms with Crippen LogP contribution in [0.2, 0.25) is 5.02 Å². The van der Waals surface area contributed by atoms with Crippen LogP contribution in [0, 0.1) is 5.82 Å². The Morgan fingerprint density at radius 3 is 2.84 bits per heavy atom. The van der Waals surface area contributed by atoms with Gasteiger partial charge < -0.3 is 9.47 Å². The molecule has 0 spiro atoms. The maximum absolute atomic E-state index is 13.3. The summed E-state index contributed by atoms with van der Waals surface area (Å²) in [5.41, 5.74) is 0.972. The van der Waals surface area contributed by atoms with Crippen LogP contribution >= 0.6 is 11.6 Å². The van der Waals surface area contributed by atoms with Gasteiger partial charge in [0.2, 0.25) is 0 Å². The molecule has 3 heterocycles. The Hall–Kier alpha value is -2.87. The Kier molecular flexibility index (Phi) is 3.89. The first-order chi connectivity index (χ1) is 12.1. The third-order valence-corrected chi connectivity index (χ3v) is 4.29. The van der Waals surface area contributed by atoms with E-state index < -0.39 is 5.82 Å². The SMILES string of the molecule is O=C(c1ccc(F)c(Cl)c1)N1CCn2c(nnc2-c2cnccn2)C1. The zero-order valence-corrected chi connectivity index (χ0v) is 13.7. The monoisotopic (exact) mass is 358 g/mol. The van der Waals surface area contributed by atoms with Crippen LogP contribution in [0.1, 0.15) is 16.2 Å². The number of carbonyl (C=O) groups is 1. The van der Waals surface area contributed by atoms with Crippen molar-refractivity contribution in [2.24, 2.45) is 0 Å². The van der Waals surface area contributed by atoms with Crippen molar-refractivity contribution in [3.8, 4) is 11.5 Å². The van der Waals surface area contributed by atoms with Gasteiger partial charge in [0.25, 0.3) is 5.91 Å². The van der Waals surface area contributed by atoms with Crippen molar-refractivity contribution in [2.45, 2.75) is 13.1 Å². The fourth-order valence-electron chi connectivity index (χ4n) is 2.75. The Labute approximate surface area is 147 Å². The Morgan fingerprint density at radius 2 is 2.08 bits per heavy atom. The molecule has 0 atom stereocenters. The van der Waals surface area contributed by atoms with Crippen LogP contribution < -0.4 is 0 Å². The van der Waals surface area contributed by atoms with E-state index in [4.69, 9.17) is 11.6 Å². The Bertz CT molecular complexity index is 945. The molecule has 0 unspecified atom stereocenters. The number of nitrogens with zero attached hydrogens (tertiary/aromatic N) is 6. The van der Waals surface area contributed by atoms with Gasteiger partial charge in [-0.3, -0.25) is 9.78 Å². The van der Waals surface area contributed by atoms with Crippen LogP contribution in [-0.2, 0) is 13.1 Å². The van der Waals surface area contributed by atoms with E-state index in [1.165, 1.54) is 18.2 Å². The molecule has 126 valence electrons. The summed E-state index contributed by atoms with van der Waals surface area (Å²) in [4.78, 5) is 22.5. The van der Waals surface area contributed by atoms with E-state index in [1.54, 1.807) is 23.5 Å². The highest BCUT2D eigenvalue weighted by Gasteiger charge is 2.26. The number of benzene rings is 1. The molecule has 0 aliphatic carbocycles. The maximum atomic E-state index is 13.3. The van der Waals surface area contributed by atoms with Crippen LogP contribution in [0.25, 0.3) is 11.5 Å². The lowest BCUT2D eigenvalue weighted by atomic mass is 10.2. The van der Waals surface area contributed by atoms with Gasteiger partial charge in [-0.15, -0.1) is 10.2 Å². The molecule has 1 aliphatic rings. The van der Waals surface area contributed by atoms with Crippen molar-refractivity contribution >= 4 is 17.5 Å². The van der Waals surface area contributed by atoms with E-state index in [1.807, 2.05) is 4.57 Å². The summed E-state index contributed by atoms with van der Waals surface area (Å²) in [5.74, 6) is 0.510. The van der Waals surface area contributed by atoms with Crippen molar-refractivity contribution in [1.82, 2.24) is 29.6 Å². The quantitative estimate of drug-likeness (QED) is 0.701. The summed E-state index contributed by atoms with van der Waals surface area (Å²) in [6, 6.07) is 3.95. The first kappa shape index (κ1) is 15.6. The fraction of sp³-hybridized carbons (Fsp3) is 0.188. The van der Waals surface area contributed by atoms with Gasteiger partial charge in [-0.05, 0) is 18.2 Å². The summed E-state index contributed by atoms with van der Waals surface area (Å²) in [5, 5.41) is 8.25. The van der Waals surface area contributed by atoms with Gasteiger partial charge in [-0.25, -0.2) is 9.37 Å². The van der Waals surface area contributed by atoms with Crippen molar-refractivity contribution < 1.29 is 9.18 Å². The molecule has 0 saturated heterocycles. The van der Waals surface area contributed by atoms with Crippen LogP contribution in [0.4, 0.5) is 4.39 Å². The molecule has 2 aromatic heterocycles. The second kappa shape index (κ2) is 6.21. The third kappa shape index (κ3) is 2.85. The first-order valence-electron chi connectivity index (χ1n) is 7.56. The highest BCUT2D eigenvalue weighted by atomic mass is 35.5. The number of aromatic nitrogens is 5. The molecule has 1 aromatic carbocycles. The molecule has 0 radical (unpaired) electrons. The molecular weight excluding hydrogens is 347 g/mol. The smallest absolute Gasteiger partial charge is 0.254 e. The van der Waals surface area contributed by atoms with Crippen LogP contribution in [0.5, 0.6) is 0 Å². The van der Waals surface area contributed by atoms with Gasteiger partial charge in [0.05, 0.1) is 17.8 Å². The summed E-state index contributed by atoms with van der Waals surface area (Å²) in [6.45, 7) is 1.32. The van der Waals surface area contributed by atoms with Crippen LogP contribution in [0.3, 0.4) is 0 Å². The third-order valence-electron chi connectivity index (χ3n) is 4.00. The van der Waals surface area contributed by atoms with Crippen molar-refractivity contribution in [3.05, 3.63) is 59.0 Å². The number of carbonyl (C=O) groups excluding carboxylic acids is 1.